The molecule has 0 bridgehead atoms. The van der Waals surface area contributed by atoms with Crippen molar-refractivity contribution < 1.29 is 14.3 Å². The van der Waals surface area contributed by atoms with E-state index >= 15 is 0 Å². The summed E-state index contributed by atoms with van der Waals surface area (Å²) in [7, 11) is 0. The number of nitrogens with zero attached hydrogens (tertiary/aromatic N) is 2. The minimum Gasteiger partial charge on any atom is -0.464 e. The number of esters is 1. The van der Waals surface area contributed by atoms with Gasteiger partial charge in [0.2, 0.25) is 0 Å². The number of rotatable bonds is 6. The van der Waals surface area contributed by atoms with Gasteiger partial charge < -0.3 is 19.7 Å². The zero-order chi connectivity index (χ0) is 24.4. The molecule has 3 heterocycles. The van der Waals surface area contributed by atoms with E-state index in [-0.39, 0.29) is 5.97 Å². The number of nitrogens with one attached hydrogen (secondary N) is 1. The van der Waals surface area contributed by atoms with Crippen LogP contribution in [-0.4, -0.2) is 49.3 Å². The van der Waals surface area contributed by atoms with E-state index in [1.54, 1.807) is 0 Å². The van der Waals surface area contributed by atoms with Crippen LogP contribution in [0.15, 0.2) is 6.08 Å². The lowest BCUT2D eigenvalue weighted by molar-refractivity contribution is -0.166. The van der Waals surface area contributed by atoms with Gasteiger partial charge >= 0.3 is 5.97 Å². The molecule has 0 spiro atoms. The number of aromatic nitrogens is 1. The molecule has 1 N–H and O–H groups in total. The van der Waals surface area contributed by atoms with E-state index in [2.05, 4.69) is 37.1 Å². The quantitative estimate of drug-likeness (QED) is 0.598. The summed E-state index contributed by atoms with van der Waals surface area (Å²) in [5, 5.41) is 3.42. The largest absolute Gasteiger partial charge is 0.464 e. The molecule has 0 amide bonds. The van der Waals surface area contributed by atoms with Crippen LogP contribution in [0.25, 0.3) is 5.57 Å². The summed E-state index contributed by atoms with van der Waals surface area (Å²) in [6, 6.07) is 0. The molecule has 1 saturated heterocycles. The number of hydrogen-bond acceptors (Lipinski definition) is 6. The first-order valence-corrected chi connectivity index (χ1v) is 12.4. The number of anilines is 1. The van der Waals surface area contributed by atoms with Crippen LogP contribution in [0.2, 0.25) is 0 Å². The van der Waals surface area contributed by atoms with Gasteiger partial charge in [-0.2, -0.15) is 0 Å². The molecule has 184 valence electrons. The summed E-state index contributed by atoms with van der Waals surface area (Å²) in [4.78, 5) is 20.7. The molecule has 6 nitrogen and oxygen atoms in total. The van der Waals surface area contributed by atoms with Crippen molar-refractivity contribution in [2.45, 2.75) is 86.4 Å². The van der Waals surface area contributed by atoms with Crippen LogP contribution in [0.3, 0.4) is 0 Å². The van der Waals surface area contributed by atoms with Crippen molar-refractivity contribution in [3.05, 3.63) is 28.6 Å². The van der Waals surface area contributed by atoms with Crippen LogP contribution in [0.5, 0.6) is 0 Å². The molecule has 6 heteroatoms. The highest BCUT2D eigenvalue weighted by molar-refractivity contribution is 5.86. The lowest BCUT2D eigenvalue weighted by Crippen LogP contribution is -2.40. The molecule has 0 aliphatic carbocycles. The molecule has 33 heavy (non-hydrogen) atoms. The van der Waals surface area contributed by atoms with Crippen LogP contribution >= 0.6 is 0 Å². The first-order chi connectivity index (χ1) is 15.4. The third-order valence-corrected chi connectivity index (χ3v) is 6.63. The first-order valence-electron chi connectivity index (χ1n) is 12.4. The molecule has 0 saturated carbocycles. The van der Waals surface area contributed by atoms with Crippen molar-refractivity contribution in [2.24, 2.45) is 5.41 Å². The zero-order valence-corrected chi connectivity index (χ0v) is 21.9. The number of hydrogen-bond donors (Lipinski definition) is 1. The van der Waals surface area contributed by atoms with Gasteiger partial charge in [-0.1, -0.05) is 19.9 Å². The summed E-state index contributed by atoms with van der Waals surface area (Å²) >= 11 is 0. The maximum absolute atomic E-state index is 13.3. The second-order valence-electron chi connectivity index (χ2n) is 11.1. The summed E-state index contributed by atoms with van der Waals surface area (Å²) in [5.74, 6) is -0.343. The van der Waals surface area contributed by atoms with Crippen LogP contribution in [0, 0.1) is 19.3 Å². The zero-order valence-electron chi connectivity index (χ0n) is 21.9. The Hall–Kier alpha value is -1.92. The average molecular weight is 458 g/mol. The van der Waals surface area contributed by atoms with Crippen LogP contribution < -0.4 is 10.2 Å². The maximum atomic E-state index is 13.3. The fourth-order valence-electron chi connectivity index (χ4n) is 4.85. The van der Waals surface area contributed by atoms with Crippen molar-refractivity contribution in [3.63, 3.8) is 0 Å². The molecule has 1 fully saturated rings. The normalized spacial score (nSPS) is 19.8. The SMILES string of the molecule is CCOC(=O)[C@@H](OC(C)(C)C)c1c(C)nc(C)c(C2=CCNCC2)c1N1CCC(C)(C)CC1. The Morgan fingerprint density at radius 1 is 1.21 bits per heavy atom. The molecule has 0 aromatic carbocycles. The number of aryl methyl sites for hydroxylation is 2. The predicted octanol–water partition coefficient (Wildman–Crippen LogP) is 5.12. The lowest BCUT2D eigenvalue weighted by Gasteiger charge is -2.41. The van der Waals surface area contributed by atoms with E-state index in [4.69, 9.17) is 14.5 Å². The van der Waals surface area contributed by atoms with Crippen molar-refractivity contribution in [2.75, 3.05) is 37.7 Å². The van der Waals surface area contributed by atoms with Gasteiger partial charge in [0.05, 0.1) is 17.9 Å². The summed E-state index contributed by atoms with van der Waals surface area (Å²) in [6.07, 6.45) is 4.62. The Morgan fingerprint density at radius 2 is 1.88 bits per heavy atom. The number of carbonyl (C=O) groups excluding carboxylic acids is 1. The van der Waals surface area contributed by atoms with Gasteiger partial charge in [-0.3, -0.25) is 4.98 Å². The fraction of sp³-hybridized carbons (Fsp3) is 0.704. The van der Waals surface area contributed by atoms with Crippen molar-refractivity contribution >= 4 is 17.2 Å². The van der Waals surface area contributed by atoms with E-state index in [1.165, 1.54) is 11.1 Å². The van der Waals surface area contributed by atoms with Gasteiger partial charge in [-0.25, -0.2) is 4.79 Å². The number of ether oxygens (including phenoxy) is 2. The smallest absolute Gasteiger partial charge is 0.340 e. The molecule has 0 unspecified atom stereocenters. The second-order valence-corrected chi connectivity index (χ2v) is 11.1. The highest BCUT2D eigenvalue weighted by Gasteiger charge is 2.37. The van der Waals surface area contributed by atoms with Crippen LogP contribution in [-0.2, 0) is 14.3 Å². The molecule has 1 aromatic rings. The topological polar surface area (TPSA) is 63.7 Å². The van der Waals surface area contributed by atoms with Crippen molar-refractivity contribution in [3.8, 4) is 0 Å². The van der Waals surface area contributed by atoms with Crippen LogP contribution in [0.4, 0.5) is 5.69 Å². The highest BCUT2D eigenvalue weighted by atomic mass is 16.6. The van der Waals surface area contributed by atoms with Gasteiger partial charge in [0, 0.05) is 42.1 Å². The van der Waals surface area contributed by atoms with E-state index < -0.39 is 11.7 Å². The molecule has 2 aliphatic rings. The number of pyridine rings is 1. The summed E-state index contributed by atoms with van der Waals surface area (Å²) in [5.41, 5.74) is 6.13. The molecule has 2 aliphatic heterocycles. The van der Waals surface area contributed by atoms with Gasteiger partial charge in [0.25, 0.3) is 0 Å². The Bertz CT molecular complexity index is 889. The van der Waals surface area contributed by atoms with Crippen molar-refractivity contribution in [1.82, 2.24) is 10.3 Å². The van der Waals surface area contributed by atoms with E-state index in [0.29, 0.717) is 12.0 Å². The molecular formula is C27H43N3O3. The molecular weight excluding hydrogens is 414 g/mol. The first kappa shape index (κ1) is 25.7. The Kier molecular flexibility index (Phi) is 7.90. The molecule has 1 atom stereocenters. The van der Waals surface area contributed by atoms with E-state index in [0.717, 1.165) is 68.1 Å². The Balaban J connectivity index is 2.24. The minimum absolute atomic E-state index is 0.318. The monoisotopic (exact) mass is 457 g/mol. The Labute approximate surface area is 200 Å². The number of carbonyl (C=O) groups is 1. The molecule has 3 rings (SSSR count). The third kappa shape index (κ3) is 6.15. The predicted molar refractivity (Wildman–Crippen MR) is 135 cm³/mol. The highest BCUT2D eigenvalue weighted by Crippen LogP contribution is 2.44. The third-order valence-electron chi connectivity index (χ3n) is 6.63. The Morgan fingerprint density at radius 3 is 2.42 bits per heavy atom. The molecule has 1 aromatic heterocycles. The maximum Gasteiger partial charge on any atom is 0.340 e. The lowest BCUT2D eigenvalue weighted by atomic mass is 9.81. The average Bonchev–Trinajstić information content (AvgIpc) is 2.72. The number of piperidine rings is 1. The van der Waals surface area contributed by atoms with E-state index in [1.807, 2.05) is 34.6 Å². The van der Waals surface area contributed by atoms with Crippen LogP contribution in [0.1, 0.15) is 89.4 Å². The molecule has 0 radical (unpaired) electrons. The summed E-state index contributed by atoms with van der Waals surface area (Å²) in [6.45, 7) is 20.6. The van der Waals surface area contributed by atoms with Gasteiger partial charge in [0.15, 0.2) is 6.10 Å². The van der Waals surface area contributed by atoms with E-state index in [9.17, 15) is 4.79 Å². The summed E-state index contributed by atoms with van der Waals surface area (Å²) < 4.78 is 11.9. The fourth-order valence-corrected chi connectivity index (χ4v) is 4.85. The van der Waals surface area contributed by atoms with Crippen molar-refractivity contribution in [1.29, 1.82) is 0 Å². The van der Waals surface area contributed by atoms with Gasteiger partial charge in [-0.15, -0.1) is 0 Å². The van der Waals surface area contributed by atoms with Gasteiger partial charge in [0.1, 0.15) is 0 Å². The minimum atomic E-state index is -0.816. The standard InChI is InChI=1S/C27H43N3O3/c1-9-32-25(31)24(33-26(4,5)6)22-19(3)29-18(2)21(20-10-14-28-15-11-20)23(22)30-16-12-27(7,8)13-17-30/h10,24,28H,9,11-17H2,1-8H3/t24-/m0/s1. The van der Waals surface area contributed by atoms with Gasteiger partial charge in [-0.05, 0) is 78.3 Å². The second kappa shape index (κ2) is 10.1.